The molecule has 0 unspecified atom stereocenters. The second-order valence-corrected chi connectivity index (χ2v) is 26.1. The van der Waals surface area contributed by atoms with Crippen LogP contribution in [0.15, 0.2) is 91.0 Å². The summed E-state index contributed by atoms with van der Waals surface area (Å²) in [6.45, 7) is 22.6. The molecule has 0 amide bonds. The highest BCUT2D eigenvalue weighted by atomic mass is 28.4. The van der Waals surface area contributed by atoms with E-state index in [2.05, 4.69) is 142 Å². The zero-order chi connectivity index (χ0) is 37.4. The van der Waals surface area contributed by atoms with E-state index in [1.165, 1.54) is 10.4 Å². The third kappa shape index (κ3) is 8.86. The average Bonchev–Trinajstić information content (AvgIpc) is 3.08. The Morgan fingerprint density at radius 2 is 1.39 bits per heavy atom. The van der Waals surface area contributed by atoms with Gasteiger partial charge in [-0.15, -0.1) is 0 Å². The van der Waals surface area contributed by atoms with Crippen LogP contribution in [-0.2, 0) is 20.4 Å². The molecule has 7 heteroatoms. The van der Waals surface area contributed by atoms with Crippen molar-refractivity contribution in [3.8, 4) is 5.75 Å². The van der Waals surface area contributed by atoms with Gasteiger partial charge in [-0.25, -0.2) is 4.79 Å². The van der Waals surface area contributed by atoms with Gasteiger partial charge in [-0.1, -0.05) is 154 Å². The lowest BCUT2D eigenvalue weighted by Crippen LogP contribution is -2.68. The van der Waals surface area contributed by atoms with E-state index in [9.17, 15) is 9.59 Å². The van der Waals surface area contributed by atoms with Crippen molar-refractivity contribution in [2.75, 3.05) is 0 Å². The third-order valence-corrected chi connectivity index (χ3v) is 22.1. The maximum Gasteiger partial charge on any atom is 0.342 e. The highest BCUT2D eigenvalue weighted by molar-refractivity contribution is 6.99. The molecule has 1 heterocycles. The molecule has 0 fully saturated rings. The standard InChI is InChI=1S/C44H62O5Si2/c1-32(2)50(33(3)4,34(5)6)48-40-29-19-23-36-22-18-17-21-35(7)41(31-37(24-20-30-45)47-43(46)42(36)40)49-51(44(8,9)10,38-25-13-11-14-26-38)39-27-15-12-16-28-39/h11-19,23,25-30,32-35,37,41H,20-22,24,31H2,1-10H3/b18-17+/t35-,37-,41+/m1/s1. The molecule has 51 heavy (non-hydrogen) atoms. The molecule has 0 aliphatic carbocycles. The molecule has 0 radical (unpaired) electrons. The first-order valence-electron chi connectivity index (χ1n) is 19.1. The Labute approximate surface area is 310 Å². The van der Waals surface area contributed by atoms with Crippen molar-refractivity contribution in [2.24, 2.45) is 5.92 Å². The Morgan fingerprint density at radius 1 is 0.824 bits per heavy atom. The predicted octanol–water partition coefficient (Wildman–Crippen LogP) is 10.2. The predicted molar refractivity (Wildman–Crippen MR) is 216 cm³/mol. The van der Waals surface area contributed by atoms with Crippen molar-refractivity contribution in [2.45, 2.75) is 135 Å². The van der Waals surface area contributed by atoms with Crippen LogP contribution in [0.4, 0.5) is 0 Å². The molecule has 3 atom stereocenters. The van der Waals surface area contributed by atoms with Gasteiger partial charge in [0.2, 0.25) is 0 Å². The van der Waals surface area contributed by atoms with Crippen LogP contribution < -0.4 is 14.8 Å². The van der Waals surface area contributed by atoms with Crippen molar-refractivity contribution in [3.63, 3.8) is 0 Å². The van der Waals surface area contributed by atoms with Crippen LogP contribution in [0.5, 0.6) is 5.75 Å². The van der Waals surface area contributed by atoms with Gasteiger partial charge in [-0.2, -0.15) is 0 Å². The van der Waals surface area contributed by atoms with E-state index in [-0.39, 0.29) is 23.0 Å². The van der Waals surface area contributed by atoms with E-state index in [4.69, 9.17) is 13.6 Å². The van der Waals surface area contributed by atoms with Crippen molar-refractivity contribution >= 4 is 39.3 Å². The number of cyclic esters (lactones) is 1. The van der Waals surface area contributed by atoms with Gasteiger partial charge in [-0.3, -0.25) is 0 Å². The summed E-state index contributed by atoms with van der Waals surface area (Å²) >= 11 is 0. The lowest BCUT2D eigenvalue weighted by atomic mass is 9.93. The number of esters is 1. The fourth-order valence-corrected chi connectivity index (χ4v) is 18.6. The molecule has 0 spiro atoms. The van der Waals surface area contributed by atoms with Gasteiger partial charge in [0.05, 0.1) is 6.10 Å². The summed E-state index contributed by atoms with van der Waals surface area (Å²) in [7, 11) is -5.30. The molecule has 3 aromatic carbocycles. The molecule has 0 saturated heterocycles. The van der Waals surface area contributed by atoms with Crippen LogP contribution in [0, 0.1) is 5.92 Å². The molecule has 0 N–H and O–H groups in total. The van der Waals surface area contributed by atoms with Crippen LogP contribution >= 0.6 is 0 Å². The fraction of sp³-hybridized carbons (Fsp3) is 0.500. The van der Waals surface area contributed by atoms with E-state index in [0.29, 0.717) is 53.6 Å². The van der Waals surface area contributed by atoms with Gasteiger partial charge in [0, 0.05) is 12.8 Å². The zero-order valence-corrected chi connectivity index (χ0v) is 34.8. The van der Waals surface area contributed by atoms with Crippen molar-refractivity contribution in [3.05, 3.63) is 102 Å². The minimum atomic E-state index is -2.92. The average molecular weight is 727 g/mol. The minimum absolute atomic E-state index is 0.128. The van der Waals surface area contributed by atoms with Crippen LogP contribution in [0.25, 0.3) is 0 Å². The van der Waals surface area contributed by atoms with Gasteiger partial charge in [0.25, 0.3) is 16.6 Å². The SMILES string of the molecule is CC(C)[Si](Oc1cccc2c1C(=O)O[C@H](CCC=O)C[C@H](O[Si](c1ccccc1)(c1ccccc1)C(C)(C)C)[C@H](C)C/C=C/C2)(C(C)C)C(C)C. The first-order valence-corrected chi connectivity index (χ1v) is 23.1. The molecule has 4 rings (SSSR count). The van der Waals surface area contributed by atoms with Gasteiger partial charge in [0.15, 0.2) is 0 Å². The monoisotopic (exact) mass is 726 g/mol. The van der Waals surface area contributed by atoms with E-state index in [1.54, 1.807) is 0 Å². The molecule has 0 bridgehead atoms. The van der Waals surface area contributed by atoms with E-state index in [1.807, 2.05) is 18.2 Å². The van der Waals surface area contributed by atoms with Gasteiger partial charge < -0.3 is 18.4 Å². The topological polar surface area (TPSA) is 61.8 Å². The highest BCUT2D eigenvalue weighted by Crippen LogP contribution is 2.44. The number of carbonyl (C=O) groups is 2. The van der Waals surface area contributed by atoms with E-state index in [0.717, 1.165) is 18.3 Å². The Kier molecular flexibility index (Phi) is 13.9. The minimum Gasteiger partial charge on any atom is -0.542 e. The van der Waals surface area contributed by atoms with Gasteiger partial charge in [-0.05, 0) is 68.8 Å². The molecular weight excluding hydrogens is 665 g/mol. The van der Waals surface area contributed by atoms with Crippen molar-refractivity contribution in [1.29, 1.82) is 0 Å². The number of fused-ring (bicyclic) bond motifs is 1. The first kappa shape index (κ1) is 40.5. The molecule has 3 aromatic rings. The summed E-state index contributed by atoms with van der Waals surface area (Å²) in [6.07, 6.45) is 7.21. The summed E-state index contributed by atoms with van der Waals surface area (Å²) in [5, 5.41) is 2.21. The Balaban J connectivity index is 1.83. The van der Waals surface area contributed by atoms with Crippen molar-refractivity contribution in [1.82, 2.24) is 0 Å². The Bertz CT molecular complexity index is 1530. The number of benzene rings is 3. The zero-order valence-electron chi connectivity index (χ0n) is 32.8. The quantitative estimate of drug-likeness (QED) is 0.0805. The van der Waals surface area contributed by atoms with Crippen LogP contribution in [0.1, 0.15) is 111 Å². The van der Waals surface area contributed by atoms with Crippen LogP contribution in [-0.4, -0.2) is 41.1 Å². The maximum absolute atomic E-state index is 14.6. The first-order chi connectivity index (χ1) is 24.2. The fourth-order valence-electron chi connectivity index (χ4n) is 8.54. The molecule has 0 aromatic heterocycles. The summed E-state index contributed by atoms with van der Waals surface area (Å²) in [6, 6.07) is 27.3. The molecule has 5 nitrogen and oxygen atoms in total. The van der Waals surface area contributed by atoms with Crippen molar-refractivity contribution < 1.29 is 23.2 Å². The number of allylic oxidation sites excluding steroid dienone is 2. The summed E-state index contributed by atoms with van der Waals surface area (Å²) in [5.41, 5.74) is 2.44. The maximum atomic E-state index is 14.6. The Morgan fingerprint density at radius 3 is 1.90 bits per heavy atom. The summed E-state index contributed by atoms with van der Waals surface area (Å²) < 4.78 is 21.4. The van der Waals surface area contributed by atoms with E-state index < -0.39 is 22.7 Å². The number of aldehydes is 1. The number of rotatable bonds is 12. The number of hydrogen-bond acceptors (Lipinski definition) is 5. The molecule has 0 saturated carbocycles. The summed E-state index contributed by atoms with van der Waals surface area (Å²) in [5.74, 6) is 0.360. The normalized spacial score (nSPS) is 19.9. The molecule has 1 aliphatic rings. The molecule has 276 valence electrons. The number of carbonyl (C=O) groups excluding carboxylic acids is 2. The third-order valence-electron chi connectivity index (χ3n) is 11.1. The lowest BCUT2D eigenvalue weighted by molar-refractivity contribution is -0.108. The second-order valence-electron chi connectivity index (χ2n) is 16.4. The lowest BCUT2D eigenvalue weighted by Gasteiger charge is -2.46. The highest BCUT2D eigenvalue weighted by Gasteiger charge is 2.52. The number of ether oxygens (including phenoxy) is 1. The second kappa shape index (κ2) is 17.5. The largest absolute Gasteiger partial charge is 0.542 e. The molecular formula is C44H62O5Si2. The van der Waals surface area contributed by atoms with Crippen LogP contribution in [0.3, 0.4) is 0 Å². The summed E-state index contributed by atoms with van der Waals surface area (Å²) in [4.78, 5) is 26.3. The van der Waals surface area contributed by atoms with Gasteiger partial charge >= 0.3 is 5.97 Å². The van der Waals surface area contributed by atoms with Crippen LogP contribution in [0.2, 0.25) is 21.7 Å². The van der Waals surface area contributed by atoms with Gasteiger partial charge in [0.1, 0.15) is 23.7 Å². The smallest absolute Gasteiger partial charge is 0.342 e. The van der Waals surface area contributed by atoms with E-state index >= 15 is 0 Å². The molecule has 1 aliphatic heterocycles. The Hall–Kier alpha value is -3.27. The number of hydrogen-bond donors (Lipinski definition) is 0.